The summed E-state index contributed by atoms with van der Waals surface area (Å²) in [5.74, 6) is -1.25. The Balaban J connectivity index is 1.65. The molecule has 0 saturated heterocycles. The van der Waals surface area contributed by atoms with Crippen LogP contribution in [-0.2, 0) is 13.1 Å². The van der Waals surface area contributed by atoms with Crippen LogP contribution in [0.1, 0.15) is 24.1 Å². The first-order valence-electron chi connectivity index (χ1n) is 7.52. The topological polar surface area (TPSA) is 45.2 Å². The van der Waals surface area contributed by atoms with E-state index in [4.69, 9.17) is 0 Å². The van der Waals surface area contributed by atoms with Crippen LogP contribution >= 0.6 is 0 Å². The summed E-state index contributed by atoms with van der Waals surface area (Å²) in [5, 5.41) is 2.80. The van der Waals surface area contributed by atoms with Gasteiger partial charge in [-0.1, -0.05) is 12.1 Å². The lowest BCUT2D eigenvalue weighted by atomic mass is 10.2. The van der Waals surface area contributed by atoms with Crippen LogP contribution in [0.3, 0.4) is 0 Å². The maximum absolute atomic E-state index is 13.8. The number of halogens is 2. The molecular weight excluding hydrogens is 300 g/mol. The maximum Gasteiger partial charge on any atom is 0.318 e. The molecule has 3 rings (SSSR count). The van der Waals surface area contributed by atoms with E-state index in [1.165, 1.54) is 12.1 Å². The van der Waals surface area contributed by atoms with E-state index in [0.717, 1.165) is 24.6 Å². The number of carbonyl (C=O) groups excluding carboxylic acids is 1. The molecule has 1 heterocycles. The smallest absolute Gasteiger partial charge is 0.318 e. The molecule has 0 bridgehead atoms. The van der Waals surface area contributed by atoms with Crippen LogP contribution < -0.4 is 5.32 Å². The zero-order chi connectivity index (χ0) is 16.2. The van der Waals surface area contributed by atoms with E-state index >= 15 is 0 Å². The second-order valence-corrected chi connectivity index (χ2v) is 5.57. The molecule has 0 radical (unpaired) electrons. The average molecular weight is 317 g/mol. The molecule has 6 heteroatoms. The molecule has 1 aromatic heterocycles. The molecule has 2 amide bonds. The molecule has 0 spiro atoms. The van der Waals surface area contributed by atoms with Crippen molar-refractivity contribution in [3.63, 3.8) is 0 Å². The largest absolute Gasteiger partial charge is 0.332 e. The first-order valence-corrected chi connectivity index (χ1v) is 7.52. The minimum absolute atomic E-state index is 0.114. The third-order valence-corrected chi connectivity index (χ3v) is 3.75. The molecule has 0 atom stereocenters. The molecule has 23 heavy (non-hydrogen) atoms. The second kappa shape index (κ2) is 6.73. The molecule has 2 aromatic rings. The summed E-state index contributed by atoms with van der Waals surface area (Å²) < 4.78 is 26.8. The minimum Gasteiger partial charge on any atom is -0.332 e. The van der Waals surface area contributed by atoms with Crippen LogP contribution in [0.5, 0.6) is 0 Å². The van der Waals surface area contributed by atoms with Gasteiger partial charge in [0, 0.05) is 23.9 Å². The van der Waals surface area contributed by atoms with Crippen LogP contribution in [0, 0.1) is 11.6 Å². The van der Waals surface area contributed by atoms with Crippen molar-refractivity contribution in [1.82, 2.24) is 15.2 Å². The summed E-state index contributed by atoms with van der Waals surface area (Å²) in [7, 11) is 0. The number of amides is 2. The molecule has 1 aliphatic rings. The van der Waals surface area contributed by atoms with Gasteiger partial charge in [0.2, 0.25) is 0 Å². The zero-order valence-electron chi connectivity index (χ0n) is 12.5. The number of carbonyl (C=O) groups is 1. The Bertz CT molecular complexity index is 689. The number of benzene rings is 1. The number of rotatable bonds is 5. The maximum atomic E-state index is 13.8. The summed E-state index contributed by atoms with van der Waals surface area (Å²) >= 11 is 0. The second-order valence-electron chi connectivity index (χ2n) is 5.57. The number of nitrogens with one attached hydrogen (secondary N) is 1. The van der Waals surface area contributed by atoms with Crippen LogP contribution in [0.2, 0.25) is 0 Å². The summed E-state index contributed by atoms with van der Waals surface area (Å²) in [4.78, 5) is 18.1. The van der Waals surface area contributed by atoms with E-state index in [9.17, 15) is 13.6 Å². The molecular formula is C17H17F2N3O. The van der Waals surface area contributed by atoms with Gasteiger partial charge >= 0.3 is 6.03 Å². The highest BCUT2D eigenvalue weighted by Gasteiger charge is 2.33. The van der Waals surface area contributed by atoms with Crippen LogP contribution in [0.15, 0.2) is 42.6 Å². The molecule has 1 fully saturated rings. The first-order chi connectivity index (χ1) is 11.1. The Hall–Kier alpha value is -2.50. The molecule has 0 unspecified atom stereocenters. The van der Waals surface area contributed by atoms with E-state index in [-0.39, 0.29) is 18.6 Å². The van der Waals surface area contributed by atoms with E-state index in [0.29, 0.717) is 12.1 Å². The third-order valence-electron chi connectivity index (χ3n) is 3.75. The Morgan fingerprint density at radius 2 is 2.09 bits per heavy atom. The highest BCUT2D eigenvalue weighted by atomic mass is 19.1. The number of hydrogen-bond donors (Lipinski definition) is 1. The van der Waals surface area contributed by atoms with Gasteiger partial charge in [-0.05, 0) is 31.0 Å². The lowest BCUT2D eigenvalue weighted by Gasteiger charge is -2.23. The van der Waals surface area contributed by atoms with Gasteiger partial charge in [-0.3, -0.25) is 4.98 Å². The van der Waals surface area contributed by atoms with Gasteiger partial charge in [0.1, 0.15) is 11.6 Å². The van der Waals surface area contributed by atoms with Gasteiger partial charge in [-0.15, -0.1) is 0 Å². The fraction of sp³-hybridized carbons (Fsp3) is 0.294. The lowest BCUT2D eigenvalue weighted by molar-refractivity contribution is 0.190. The van der Waals surface area contributed by atoms with E-state index in [1.54, 1.807) is 17.2 Å². The van der Waals surface area contributed by atoms with Crippen molar-refractivity contribution >= 4 is 6.03 Å². The Labute approximate surface area is 133 Å². The van der Waals surface area contributed by atoms with E-state index in [1.807, 2.05) is 12.1 Å². The summed E-state index contributed by atoms with van der Waals surface area (Å²) in [6.45, 7) is 0.444. The van der Waals surface area contributed by atoms with Gasteiger partial charge < -0.3 is 10.2 Å². The van der Waals surface area contributed by atoms with Crippen molar-refractivity contribution in [3.05, 3.63) is 65.5 Å². The highest BCUT2D eigenvalue weighted by Crippen LogP contribution is 2.29. The number of nitrogens with zero attached hydrogens (tertiary/aromatic N) is 2. The van der Waals surface area contributed by atoms with Gasteiger partial charge in [0.15, 0.2) is 0 Å². The zero-order valence-corrected chi connectivity index (χ0v) is 12.5. The Morgan fingerprint density at radius 3 is 2.74 bits per heavy atom. The highest BCUT2D eigenvalue weighted by molar-refractivity contribution is 5.74. The van der Waals surface area contributed by atoms with Gasteiger partial charge in [0.25, 0.3) is 0 Å². The lowest BCUT2D eigenvalue weighted by Crippen LogP contribution is -2.40. The van der Waals surface area contributed by atoms with Crippen molar-refractivity contribution in [2.75, 3.05) is 0 Å². The fourth-order valence-corrected chi connectivity index (χ4v) is 2.36. The average Bonchev–Trinajstić information content (AvgIpc) is 3.38. The number of hydrogen-bond acceptors (Lipinski definition) is 2. The molecule has 1 aromatic carbocycles. The quantitative estimate of drug-likeness (QED) is 0.920. The summed E-state index contributed by atoms with van der Waals surface area (Å²) in [6.07, 6.45) is 3.47. The third kappa shape index (κ3) is 4.03. The normalized spacial score (nSPS) is 13.7. The number of aromatic nitrogens is 1. The standard InChI is InChI=1S/C17H17F2N3O/c18-13-5-4-12(16(19)9-13)11-22(15-6-7-15)17(23)21-10-14-3-1-2-8-20-14/h1-5,8-9,15H,6-7,10-11H2,(H,21,23). The summed E-state index contributed by atoms with van der Waals surface area (Å²) in [5.41, 5.74) is 1.07. The first kappa shape index (κ1) is 15.4. The van der Waals surface area contributed by atoms with Gasteiger partial charge in [0.05, 0.1) is 18.8 Å². The van der Waals surface area contributed by atoms with Crippen molar-refractivity contribution in [3.8, 4) is 0 Å². The predicted octanol–water partition coefficient (Wildman–Crippen LogP) is 3.23. The summed E-state index contributed by atoms with van der Waals surface area (Å²) in [6, 6.07) is 8.75. The minimum atomic E-state index is -0.631. The van der Waals surface area contributed by atoms with E-state index < -0.39 is 11.6 Å². The van der Waals surface area contributed by atoms with Gasteiger partial charge in [-0.2, -0.15) is 0 Å². The molecule has 120 valence electrons. The molecule has 1 aliphatic carbocycles. The SMILES string of the molecule is O=C(NCc1ccccn1)N(Cc1ccc(F)cc1F)C1CC1. The van der Waals surface area contributed by atoms with Crippen LogP contribution in [-0.4, -0.2) is 22.0 Å². The molecule has 4 nitrogen and oxygen atoms in total. The Kier molecular flexibility index (Phi) is 4.50. The van der Waals surface area contributed by atoms with Crippen molar-refractivity contribution < 1.29 is 13.6 Å². The Morgan fingerprint density at radius 1 is 1.26 bits per heavy atom. The number of urea groups is 1. The van der Waals surface area contributed by atoms with Crippen molar-refractivity contribution in [2.24, 2.45) is 0 Å². The fourth-order valence-electron chi connectivity index (χ4n) is 2.36. The van der Waals surface area contributed by atoms with Crippen LogP contribution in [0.25, 0.3) is 0 Å². The molecule has 1 N–H and O–H groups in total. The van der Waals surface area contributed by atoms with Crippen molar-refractivity contribution in [1.29, 1.82) is 0 Å². The van der Waals surface area contributed by atoms with E-state index in [2.05, 4.69) is 10.3 Å². The van der Waals surface area contributed by atoms with Gasteiger partial charge in [-0.25, -0.2) is 13.6 Å². The number of pyridine rings is 1. The predicted molar refractivity (Wildman–Crippen MR) is 81.4 cm³/mol. The van der Waals surface area contributed by atoms with Crippen LogP contribution in [0.4, 0.5) is 13.6 Å². The molecule has 0 aliphatic heterocycles. The van der Waals surface area contributed by atoms with Crippen molar-refractivity contribution in [2.45, 2.75) is 32.0 Å². The monoisotopic (exact) mass is 317 g/mol. The molecule has 1 saturated carbocycles.